The van der Waals surface area contributed by atoms with Crippen LogP contribution >= 0.6 is 11.3 Å². The molecule has 7 nitrogen and oxygen atoms in total. The maximum atomic E-state index is 13.9. The number of benzene rings is 3. The molecule has 0 saturated heterocycles. The SMILES string of the molecule is CCOc1cccc2sc(N(CCCN(C)C)C(=O)c3cc4c(ccc5ccccc54)oc3=O)nc12. The number of carbonyl (C=O) groups is 1. The second kappa shape index (κ2) is 10.1. The molecule has 0 aliphatic heterocycles. The van der Waals surface area contributed by atoms with Crippen molar-refractivity contribution in [3.8, 4) is 5.75 Å². The lowest BCUT2D eigenvalue weighted by atomic mass is 10.0. The van der Waals surface area contributed by atoms with Crippen LogP contribution in [0.25, 0.3) is 32.0 Å². The number of nitrogens with zero attached hydrogens (tertiary/aromatic N) is 3. The average molecular weight is 502 g/mol. The maximum absolute atomic E-state index is 13.9. The maximum Gasteiger partial charge on any atom is 0.349 e. The lowest BCUT2D eigenvalue weighted by Gasteiger charge is -2.20. The van der Waals surface area contributed by atoms with E-state index in [4.69, 9.17) is 14.1 Å². The van der Waals surface area contributed by atoms with Gasteiger partial charge in [-0.1, -0.05) is 47.7 Å². The monoisotopic (exact) mass is 501 g/mol. The lowest BCUT2D eigenvalue weighted by molar-refractivity contribution is 0.0982. The molecule has 2 heterocycles. The van der Waals surface area contributed by atoms with E-state index in [1.807, 2.05) is 69.6 Å². The summed E-state index contributed by atoms with van der Waals surface area (Å²) in [5.74, 6) is 0.254. The number of thiazole rings is 1. The molecule has 5 rings (SSSR count). The number of carbonyl (C=O) groups excluding carboxylic acids is 1. The highest BCUT2D eigenvalue weighted by molar-refractivity contribution is 7.22. The number of para-hydroxylation sites is 1. The number of hydrogen-bond acceptors (Lipinski definition) is 7. The van der Waals surface area contributed by atoms with Gasteiger partial charge in [0.2, 0.25) is 0 Å². The highest BCUT2D eigenvalue weighted by Crippen LogP contribution is 2.35. The summed E-state index contributed by atoms with van der Waals surface area (Å²) in [7, 11) is 3.97. The third-order valence-electron chi connectivity index (χ3n) is 6.01. The average Bonchev–Trinajstić information content (AvgIpc) is 3.31. The second-order valence-corrected chi connectivity index (χ2v) is 9.80. The van der Waals surface area contributed by atoms with Crippen molar-refractivity contribution >= 4 is 54.3 Å². The van der Waals surface area contributed by atoms with Crippen molar-refractivity contribution in [3.05, 3.63) is 76.6 Å². The summed E-state index contributed by atoms with van der Waals surface area (Å²) in [4.78, 5) is 35.3. The van der Waals surface area contributed by atoms with Crippen LogP contribution in [-0.4, -0.2) is 49.6 Å². The fraction of sp³-hybridized carbons (Fsp3) is 0.250. The van der Waals surface area contributed by atoms with Gasteiger partial charge in [-0.25, -0.2) is 9.78 Å². The lowest BCUT2D eigenvalue weighted by Crippen LogP contribution is -2.36. The normalized spacial score (nSPS) is 11.6. The summed E-state index contributed by atoms with van der Waals surface area (Å²) in [6.07, 6.45) is 0.717. The van der Waals surface area contributed by atoms with E-state index >= 15 is 0 Å². The number of anilines is 1. The zero-order valence-electron chi connectivity index (χ0n) is 20.5. The van der Waals surface area contributed by atoms with E-state index in [9.17, 15) is 9.59 Å². The molecule has 0 saturated carbocycles. The molecule has 0 N–H and O–H groups in total. The van der Waals surface area contributed by atoms with Crippen molar-refractivity contribution in [2.24, 2.45) is 0 Å². The summed E-state index contributed by atoms with van der Waals surface area (Å²) >= 11 is 1.41. The number of hydrogen-bond donors (Lipinski definition) is 0. The molecule has 0 radical (unpaired) electrons. The fourth-order valence-corrected chi connectivity index (χ4v) is 5.30. The molecule has 3 aromatic carbocycles. The van der Waals surface area contributed by atoms with Gasteiger partial charge >= 0.3 is 5.63 Å². The third-order valence-corrected chi connectivity index (χ3v) is 7.05. The van der Waals surface area contributed by atoms with Crippen LogP contribution in [0.3, 0.4) is 0 Å². The zero-order chi connectivity index (χ0) is 25.2. The Morgan fingerprint density at radius 3 is 2.67 bits per heavy atom. The van der Waals surface area contributed by atoms with E-state index in [0.29, 0.717) is 35.1 Å². The van der Waals surface area contributed by atoms with Crippen molar-refractivity contribution < 1.29 is 13.9 Å². The first-order chi connectivity index (χ1) is 17.5. The molecule has 1 amide bonds. The van der Waals surface area contributed by atoms with Crippen LogP contribution in [0.1, 0.15) is 23.7 Å². The van der Waals surface area contributed by atoms with Crippen molar-refractivity contribution in [2.45, 2.75) is 13.3 Å². The minimum atomic E-state index is -0.656. The molecule has 0 aliphatic carbocycles. The van der Waals surface area contributed by atoms with Gasteiger partial charge in [0.05, 0.1) is 11.3 Å². The molecule has 0 bridgehead atoms. The van der Waals surface area contributed by atoms with E-state index in [1.54, 1.807) is 17.0 Å². The van der Waals surface area contributed by atoms with Gasteiger partial charge in [-0.05, 0) is 69.0 Å². The largest absolute Gasteiger partial charge is 0.492 e. The fourth-order valence-electron chi connectivity index (χ4n) is 4.29. The molecular formula is C28H27N3O4S. The minimum absolute atomic E-state index is 0.00649. The smallest absolute Gasteiger partial charge is 0.349 e. The number of rotatable bonds is 8. The number of amides is 1. The van der Waals surface area contributed by atoms with Crippen LogP contribution in [0.15, 0.2) is 69.9 Å². The molecule has 0 spiro atoms. The first kappa shape index (κ1) is 24.0. The molecule has 36 heavy (non-hydrogen) atoms. The van der Waals surface area contributed by atoms with Crippen molar-refractivity contribution in [2.75, 3.05) is 38.7 Å². The Bertz CT molecular complexity index is 1620. The van der Waals surface area contributed by atoms with Crippen LogP contribution in [0.5, 0.6) is 5.75 Å². The highest BCUT2D eigenvalue weighted by atomic mass is 32.1. The van der Waals surface area contributed by atoms with Crippen molar-refractivity contribution in [1.82, 2.24) is 9.88 Å². The van der Waals surface area contributed by atoms with Gasteiger partial charge in [0.1, 0.15) is 22.4 Å². The predicted molar refractivity (Wildman–Crippen MR) is 146 cm³/mol. The Labute approximate surface area is 212 Å². The minimum Gasteiger partial charge on any atom is -0.492 e. The van der Waals surface area contributed by atoms with Crippen LogP contribution in [0, 0.1) is 0 Å². The number of fused-ring (bicyclic) bond motifs is 4. The molecule has 8 heteroatoms. The summed E-state index contributed by atoms with van der Waals surface area (Å²) < 4.78 is 12.3. The van der Waals surface area contributed by atoms with Crippen molar-refractivity contribution in [1.29, 1.82) is 0 Å². The number of ether oxygens (including phenoxy) is 1. The molecule has 0 atom stereocenters. The topological polar surface area (TPSA) is 75.9 Å². The third kappa shape index (κ3) is 4.57. The van der Waals surface area contributed by atoms with Gasteiger partial charge in [-0.15, -0.1) is 0 Å². The van der Waals surface area contributed by atoms with E-state index in [0.717, 1.165) is 33.8 Å². The summed E-state index contributed by atoms with van der Waals surface area (Å²) in [5.41, 5.74) is 0.501. The van der Waals surface area contributed by atoms with E-state index in [1.165, 1.54) is 11.3 Å². The van der Waals surface area contributed by atoms with E-state index < -0.39 is 11.5 Å². The first-order valence-electron chi connectivity index (χ1n) is 11.9. The molecule has 0 fully saturated rings. The van der Waals surface area contributed by atoms with Gasteiger partial charge in [0.15, 0.2) is 5.13 Å². The van der Waals surface area contributed by atoms with Crippen LogP contribution in [0.2, 0.25) is 0 Å². The van der Waals surface area contributed by atoms with Crippen LogP contribution < -0.4 is 15.3 Å². The zero-order valence-corrected chi connectivity index (χ0v) is 21.3. The van der Waals surface area contributed by atoms with Gasteiger partial charge in [-0.3, -0.25) is 9.69 Å². The molecule has 184 valence electrons. The Morgan fingerprint density at radius 2 is 1.86 bits per heavy atom. The molecule has 2 aromatic heterocycles. The summed E-state index contributed by atoms with van der Waals surface area (Å²) in [5, 5.41) is 3.19. The predicted octanol–water partition coefficient (Wildman–Crippen LogP) is 5.55. The number of aromatic nitrogens is 1. The standard InChI is InChI=1S/C28H27N3O4S/c1-4-34-23-11-7-12-24-25(23)29-28(36-24)31(16-8-15-30(2)3)26(32)21-17-20-19-10-6-5-9-18(19)13-14-22(20)35-27(21)33/h5-7,9-14,17H,4,8,15-16H2,1-3H3. The van der Waals surface area contributed by atoms with E-state index in [-0.39, 0.29) is 5.56 Å². The van der Waals surface area contributed by atoms with Crippen LogP contribution in [0.4, 0.5) is 5.13 Å². The molecular weight excluding hydrogens is 474 g/mol. The second-order valence-electron chi connectivity index (χ2n) is 8.79. The summed E-state index contributed by atoms with van der Waals surface area (Å²) in [6, 6.07) is 18.9. The van der Waals surface area contributed by atoms with E-state index in [2.05, 4.69) is 4.90 Å². The van der Waals surface area contributed by atoms with Crippen LogP contribution in [-0.2, 0) is 0 Å². The Morgan fingerprint density at radius 1 is 1.03 bits per heavy atom. The molecule has 0 aliphatic rings. The quantitative estimate of drug-likeness (QED) is 0.205. The van der Waals surface area contributed by atoms with Gasteiger partial charge < -0.3 is 14.1 Å². The highest BCUT2D eigenvalue weighted by Gasteiger charge is 2.25. The summed E-state index contributed by atoms with van der Waals surface area (Å²) in [6.45, 7) is 3.64. The van der Waals surface area contributed by atoms with Gasteiger partial charge in [0.25, 0.3) is 5.91 Å². The molecule has 5 aromatic rings. The van der Waals surface area contributed by atoms with Gasteiger partial charge in [0, 0.05) is 11.9 Å². The Hall–Kier alpha value is -3.75. The van der Waals surface area contributed by atoms with Crippen molar-refractivity contribution in [3.63, 3.8) is 0 Å². The van der Waals surface area contributed by atoms with Gasteiger partial charge in [-0.2, -0.15) is 0 Å². The Balaban J connectivity index is 1.61. The molecule has 0 unspecified atom stereocenters. The Kier molecular flexibility index (Phi) is 6.71. The first-order valence-corrected chi connectivity index (χ1v) is 12.7.